The second-order valence-corrected chi connectivity index (χ2v) is 0.701. The fourth-order valence-electron chi connectivity index (χ4n) is 0. The number of nitrogens with one attached hydrogen (secondary N) is 1. The Bertz CT molecular complexity index is 44.1. The number of nitrogens with two attached hydrogens (primary N) is 1. The standard InChI is InChI=1S/C2H6N2O.CH4/c1-2(5)4-3;/h3H2,1H3,(H,4,5);1H4. The highest BCUT2D eigenvalue weighted by Gasteiger charge is 1.73. The van der Waals surface area contributed by atoms with Crippen LogP contribution in [0.4, 0.5) is 0 Å². The van der Waals surface area contributed by atoms with Gasteiger partial charge < -0.3 is 0 Å². The van der Waals surface area contributed by atoms with Gasteiger partial charge in [0.05, 0.1) is 0 Å². The zero-order valence-electron chi connectivity index (χ0n) is 2.99. The van der Waals surface area contributed by atoms with Crippen LogP contribution in [0.1, 0.15) is 14.4 Å². The van der Waals surface area contributed by atoms with E-state index in [4.69, 9.17) is 0 Å². The van der Waals surface area contributed by atoms with Crippen LogP contribution in [0.15, 0.2) is 0 Å². The van der Waals surface area contributed by atoms with Gasteiger partial charge in [0.15, 0.2) is 0 Å². The molecule has 0 bridgehead atoms. The maximum atomic E-state index is 9.58. The molecule has 0 radical (unpaired) electrons. The monoisotopic (exact) mass is 90.1 g/mol. The molecule has 0 aliphatic heterocycles. The molecular weight excluding hydrogens is 80.0 g/mol. The van der Waals surface area contributed by atoms with Crippen LogP contribution >= 0.6 is 0 Å². The summed E-state index contributed by atoms with van der Waals surface area (Å²) in [5, 5.41) is 0. The molecule has 0 fully saturated rings. The number of amides is 1. The number of carbonyl (C=O) groups is 1. The van der Waals surface area contributed by atoms with E-state index in [2.05, 4.69) is 5.84 Å². The summed E-state index contributed by atoms with van der Waals surface area (Å²) in [7, 11) is 0. The van der Waals surface area contributed by atoms with Crippen LogP contribution < -0.4 is 11.3 Å². The Morgan fingerprint density at radius 2 is 2.00 bits per heavy atom. The van der Waals surface area contributed by atoms with Crippen LogP contribution in [-0.2, 0) is 4.79 Å². The molecule has 0 aliphatic carbocycles. The smallest absolute Gasteiger partial charge is 0.230 e. The highest BCUT2D eigenvalue weighted by Crippen LogP contribution is 1.41. The number of hydrogen-bond donors (Lipinski definition) is 2. The zero-order chi connectivity index (χ0) is 4.28. The molecule has 0 aromatic carbocycles. The predicted molar refractivity (Wildman–Crippen MR) is 24.7 cm³/mol. The summed E-state index contributed by atoms with van der Waals surface area (Å²) in [5.41, 5.74) is 1.89. The van der Waals surface area contributed by atoms with Crippen molar-refractivity contribution in [2.24, 2.45) is 5.84 Å². The Kier molecular flexibility index (Phi) is 6.69. The molecule has 0 aliphatic rings. The van der Waals surface area contributed by atoms with E-state index in [0.29, 0.717) is 0 Å². The predicted octanol–water partition coefficient (Wildman–Crippen LogP) is -0.368. The third kappa shape index (κ3) is 9.90. The Labute approximate surface area is 37.5 Å². The summed E-state index contributed by atoms with van der Waals surface area (Å²) < 4.78 is 0. The fourth-order valence-corrected chi connectivity index (χ4v) is 0. The van der Waals surface area contributed by atoms with Crippen molar-refractivity contribution in [2.75, 3.05) is 0 Å². The van der Waals surface area contributed by atoms with E-state index < -0.39 is 0 Å². The lowest BCUT2D eigenvalue weighted by atomic mass is 10.8. The van der Waals surface area contributed by atoms with E-state index in [1.807, 2.05) is 5.43 Å². The SMILES string of the molecule is C.CC(=O)NN. The van der Waals surface area contributed by atoms with Crippen molar-refractivity contribution in [1.29, 1.82) is 0 Å². The second-order valence-electron chi connectivity index (χ2n) is 0.701. The molecule has 38 valence electrons. The number of hydrazine groups is 1. The highest BCUT2D eigenvalue weighted by molar-refractivity contribution is 5.71. The second kappa shape index (κ2) is 4.43. The Morgan fingerprint density at radius 3 is 2.00 bits per heavy atom. The van der Waals surface area contributed by atoms with Gasteiger partial charge in [-0.1, -0.05) is 7.43 Å². The number of hydrogen-bond acceptors (Lipinski definition) is 2. The van der Waals surface area contributed by atoms with Crippen molar-refractivity contribution in [1.82, 2.24) is 5.43 Å². The van der Waals surface area contributed by atoms with Crippen molar-refractivity contribution in [3.8, 4) is 0 Å². The normalized spacial score (nSPS) is 5.67. The molecule has 1 amide bonds. The molecular formula is C3H10N2O. The molecule has 0 aromatic rings. The fraction of sp³-hybridized carbons (Fsp3) is 0.667. The molecule has 0 saturated carbocycles. The maximum absolute atomic E-state index is 9.58. The van der Waals surface area contributed by atoms with Gasteiger partial charge in [-0.05, 0) is 0 Å². The van der Waals surface area contributed by atoms with Gasteiger partial charge in [0.2, 0.25) is 5.91 Å². The zero-order valence-corrected chi connectivity index (χ0v) is 2.99. The van der Waals surface area contributed by atoms with Crippen LogP contribution in [-0.4, -0.2) is 5.91 Å². The summed E-state index contributed by atoms with van der Waals surface area (Å²) in [6.45, 7) is 1.35. The topological polar surface area (TPSA) is 55.1 Å². The molecule has 0 aromatic heterocycles. The van der Waals surface area contributed by atoms with Gasteiger partial charge in [0.1, 0.15) is 0 Å². The van der Waals surface area contributed by atoms with E-state index in [1.54, 1.807) is 0 Å². The molecule has 0 atom stereocenters. The van der Waals surface area contributed by atoms with Crippen molar-refractivity contribution < 1.29 is 4.79 Å². The molecule has 3 nitrogen and oxygen atoms in total. The molecule has 0 spiro atoms. The Balaban J connectivity index is 0. The van der Waals surface area contributed by atoms with Gasteiger partial charge in [-0.2, -0.15) is 0 Å². The third-order valence-electron chi connectivity index (χ3n) is 0.203. The molecule has 0 rings (SSSR count). The van der Waals surface area contributed by atoms with E-state index in [0.717, 1.165) is 0 Å². The minimum Gasteiger partial charge on any atom is -0.295 e. The van der Waals surface area contributed by atoms with Crippen molar-refractivity contribution in [3.63, 3.8) is 0 Å². The first-order valence-electron chi connectivity index (χ1n) is 1.24. The minimum atomic E-state index is -0.218. The summed E-state index contributed by atoms with van der Waals surface area (Å²) in [4.78, 5) is 9.58. The van der Waals surface area contributed by atoms with Crippen LogP contribution in [0.5, 0.6) is 0 Å². The molecule has 0 heterocycles. The van der Waals surface area contributed by atoms with Gasteiger partial charge in [-0.3, -0.25) is 10.2 Å². The van der Waals surface area contributed by atoms with Gasteiger partial charge >= 0.3 is 0 Å². The van der Waals surface area contributed by atoms with Gasteiger partial charge in [0, 0.05) is 6.92 Å². The third-order valence-corrected chi connectivity index (χ3v) is 0.203. The molecule has 0 unspecified atom stereocenters. The first kappa shape index (κ1) is 9.06. The van der Waals surface area contributed by atoms with Crippen LogP contribution in [0.2, 0.25) is 0 Å². The first-order chi connectivity index (χ1) is 2.27. The van der Waals surface area contributed by atoms with Gasteiger partial charge in [-0.15, -0.1) is 0 Å². The quantitative estimate of drug-likeness (QED) is 0.242. The first-order valence-corrected chi connectivity index (χ1v) is 1.24. The number of carbonyl (C=O) groups excluding carboxylic acids is 1. The lowest BCUT2D eigenvalue weighted by molar-refractivity contribution is -0.119. The summed E-state index contributed by atoms with van der Waals surface area (Å²) >= 11 is 0. The Hall–Kier alpha value is -0.570. The molecule has 0 saturated heterocycles. The molecule has 3 heteroatoms. The summed E-state index contributed by atoms with van der Waals surface area (Å²) in [6.07, 6.45) is 0. The van der Waals surface area contributed by atoms with Crippen LogP contribution in [0.3, 0.4) is 0 Å². The maximum Gasteiger partial charge on any atom is 0.230 e. The lowest BCUT2D eigenvalue weighted by Gasteiger charge is -1.80. The highest BCUT2D eigenvalue weighted by atomic mass is 16.2. The van der Waals surface area contributed by atoms with Crippen LogP contribution in [0.25, 0.3) is 0 Å². The minimum absolute atomic E-state index is 0. The molecule has 3 N–H and O–H groups in total. The van der Waals surface area contributed by atoms with E-state index in [-0.39, 0.29) is 13.3 Å². The van der Waals surface area contributed by atoms with E-state index in [1.165, 1.54) is 6.92 Å². The van der Waals surface area contributed by atoms with Crippen molar-refractivity contribution in [2.45, 2.75) is 14.4 Å². The van der Waals surface area contributed by atoms with E-state index in [9.17, 15) is 4.79 Å². The van der Waals surface area contributed by atoms with Crippen molar-refractivity contribution >= 4 is 5.91 Å². The van der Waals surface area contributed by atoms with Crippen LogP contribution in [0, 0.1) is 0 Å². The van der Waals surface area contributed by atoms with Crippen molar-refractivity contribution in [3.05, 3.63) is 0 Å². The summed E-state index contributed by atoms with van der Waals surface area (Å²) in [5.74, 6) is 4.35. The average molecular weight is 90.1 g/mol. The average Bonchev–Trinajstić information content (AvgIpc) is 1.38. The van der Waals surface area contributed by atoms with E-state index >= 15 is 0 Å². The molecule has 6 heavy (non-hydrogen) atoms. The summed E-state index contributed by atoms with van der Waals surface area (Å²) in [6, 6.07) is 0. The Morgan fingerprint density at radius 1 is 1.83 bits per heavy atom. The number of rotatable bonds is 0. The van der Waals surface area contributed by atoms with Gasteiger partial charge in [-0.25, -0.2) is 5.84 Å². The lowest BCUT2D eigenvalue weighted by Crippen LogP contribution is -2.26. The largest absolute Gasteiger partial charge is 0.295 e. The van der Waals surface area contributed by atoms with Gasteiger partial charge in [0.25, 0.3) is 0 Å².